The summed E-state index contributed by atoms with van der Waals surface area (Å²) >= 11 is 0. The van der Waals surface area contributed by atoms with Crippen molar-refractivity contribution in [3.05, 3.63) is 29.8 Å². The highest BCUT2D eigenvalue weighted by atomic mass is 16.5. The molecular weight excluding hydrogens is 240 g/mol. The predicted octanol–water partition coefficient (Wildman–Crippen LogP) is 2.33. The predicted molar refractivity (Wildman–Crippen MR) is 77.5 cm³/mol. The zero-order valence-electron chi connectivity index (χ0n) is 11.7. The largest absolute Gasteiger partial charge is 0.494 e. The van der Waals surface area contributed by atoms with Crippen LogP contribution in [-0.4, -0.2) is 25.6 Å². The summed E-state index contributed by atoms with van der Waals surface area (Å²) in [4.78, 5) is 11.8. The van der Waals surface area contributed by atoms with Crippen LogP contribution in [0.1, 0.15) is 43.0 Å². The van der Waals surface area contributed by atoms with Crippen molar-refractivity contribution in [1.29, 1.82) is 0 Å². The van der Waals surface area contributed by atoms with E-state index in [1.807, 2.05) is 12.1 Å². The third-order valence-corrected chi connectivity index (χ3v) is 2.80. The molecule has 4 nitrogen and oxygen atoms in total. The van der Waals surface area contributed by atoms with E-state index < -0.39 is 0 Å². The average molecular weight is 264 g/mol. The molecule has 0 aliphatic heterocycles. The van der Waals surface area contributed by atoms with E-state index in [1.165, 1.54) is 0 Å². The number of nitrogens with two attached hydrogens (primary N) is 1. The molecule has 0 aromatic heterocycles. The van der Waals surface area contributed by atoms with E-state index in [-0.39, 0.29) is 5.91 Å². The number of nitrogens with one attached hydrogen (secondary N) is 1. The van der Waals surface area contributed by atoms with Crippen LogP contribution in [0.3, 0.4) is 0 Å². The highest BCUT2D eigenvalue weighted by Gasteiger charge is 2.04. The fraction of sp³-hybridized carbons (Fsp3) is 0.533. The summed E-state index contributed by atoms with van der Waals surface area (Å²) in [6.45, 7) is 4.19. The van der Waals surface area contributed by atoms with Gasteiger partial charge in [0.05, 0.1) is 6.61 Å². The van der Waals surface area contributed by atoms with E-state index >= 15 is 0 Å². The molecule has 0 heterocycles. The van der Waals surface area contributed by atoms with Gasteiger partial charge in [0.2, 0.25) is 0 Å². The summed E-state index contributed by atoms with van der Waals surface area (Å²) in [6, 6.07) is 7.26. The van der Waals surface area contributed by atoms with E-state index in [0.717, 1.165) is 38.0 Å². The van der Waals surface area contributed by atoms with Crippen molar-refractivity contribution >= 4 is 5.91 Å². The number of benzene rings is 1. The van der Waals surface area contributed by atoms with Crippen LogP contribution in [0.25, 0.3) is 0 Å². The van der Waals surface area contributed by atoms with Gasteiger partial charge in [0, 0.05) is 12.1 Å². The Kier molecular flexibility index (Phi) is 7.66. The smallest absolute Gasteiger partial charge is 0.251 e. The topological polar surface area (TPSA) is 64.3 Å². The standard InChI is InChI=1S/C15H24N2O2/c1-2-3-12-19-14-8-6-13(7-9-14)15(18)17-11-5-4-10-16/h6-9H,2-5,10-12,16H2,1H3,(H,17,18). The maximum Gasteiger partial charge on any atom is 0.251 e. The number of unbranched alkanes of at least 4 members (excludes halogenated alkanes) is 2. The Morgan fingerprint density at radius 2 is 1.95 bits per heavy atom. The summed E-state index contributed by atoms with van der Waals surface area (Å²) in [5.41, 5.74) is 6.06. The van der Waals surface area contributed by atoms with Gasteiger partial charge in [-0.25, -0.2) is 0 Å². The van der Waals surface area contributed by atoms with Crippen LogP contribution < -0.4 is 15.8 Å². The van der Waals surface area contributed by atoms with Gasteiger partial charge in [0.15, 0.2) is 0 Å². The lowest BCUT2D eigenvalue weighted by atomic mass is 10.2. The van der Waals surface area contributed by atoms with E-state index in [4.69, 9.17) is 10.5 Å². The molecule has 0 aliphatic rings. The summed E-state index contributed by atoms with van der Waals surface area (Å²) in [6.07, 6.45) is 4.01. The lowest BCUT2D eigenvalue weighted by Gasteiger charge is -2.07. The minimum absolute atomic E-state index is 0.0443. The van der Waals surface area contributed by atoms with Crippen molar-refractivity contribution in [1.82, 2.24) is 5.32 Å². The van der Waals surface area contributed by atoms with E-state index in [9.17, 15) is 4.79 Å². The summed E-state index contributed by atoms with van der Waals surface area (Å²) in [7, 11) is 0. The molecule has 0 saturated heterocycles. The highest BCUT2D eigenvalue weighted by molar-refractivity contribution is 5.94. The molecule has 0 fully saturated rings. The van der Waals surface area contributed by atoms with Gasteiger partial charge < -0.3 is 15.8 Å². The van der Waals surface area contributed by atoms with Crippen molar-refractivity contribution in [2.45, 2.75) is 32.6 Å². The molecule has 3 N–H and O–H groups in total. The van der Waals surface area contributed by atoms with Crippen LogP contribution in [0.4, 0.5) is 0 Å². The number of hydrogen-bond acceptors (Lipinski definition) is 3. The molecule has 0 saturated carbocycles. The van der Waals surface area contributed by atoms with Crippen molar-refractivity contribution in [2.75, 3.05) is 19.7 Å². The Morgan fingerprint density at radius 1 is 1.21 bits per heavy atom. The number of rotatable bonds is 9. The Labute approximate surface area is 115 Å². The first-order chi connectivity index (χ1) is 9.27. The van der Waals surface area contributed by atoms with Gasteiger partial charge in [0.25, 0.3) is 5.91 Å². The molecule has 19 heavy (non-hydrogen) atoms. The molecule has 4 heteroatoms. The Balaban J connectivity index is 2.35. The Bertz CT molecular complexity index is 363. The number of ether oxygens (including phenoxy) is 1. The first kappa shape index (κ1) is 15.5. The maximum atomic E-state index is 11.8. The molecule has 0 spiro atoms. The first-order valence-electron chi connectivity index (χ1n) is 6.99. The molecule has 0 aliphatic carbocycles. The van der Waals surface area contributed by atoms with Gasteiger partial charge in [-0.1, -0.05) is 13.3 Å². The third kappa shape index (κ3) is 6.25. The summed E-state index contributed by atoms with van der Waals surface area (Å²) < 4.78 is 5.55. The second-order valence-electron chi connectivity index (χ2n) is 4.48. The zero-order valence-corrected chi connectivity index (χ0v) is 11.7. The molecule has 1 rings (SSSR count). The number of hydrogen-bond donors (Lipinski definition) is 2. The van der Waals surface area contributed by atoms with E-state index in [1.54, 1.807) is 12.1 Å². The molecule has 106 valence electrons. The molecule has 0 radical (unpaired) electrons. The van der Waals surface area contributed by atoms with Crippen molar-refractivity contribution < 1.29 is 9.53 Å². The molecule has 0 atom stereocenters. The number of carbonyl (C=O) groups is 1. The minimum Gasteiger partial charge on any atom is -0.494 e. The van der Waals surface area contributed by atoms with E-state index in [0.29, 0.717) is 18.7 Å². The van der Waals surface area contributed by atoms with Gasteiger partial charge in [-0.3, -0.25) is 4.79 Å². The fourth-order valence-electron chi connectivity index (χ4n) is 1.61. The summed E-state index contributed by atoms with van der Waals surface area (Å²) in [5, 5.41) is 2.87. The maximum absolute atomic E-state index is 11.8. The van der Waals surface area contributed by atoms with Crippen molar-refractivity contribution in [2.24, 2.45) is 5.73 Å². The van der Waals surface area contributed by atoms with Gasteiger partial charge in [-0.15, -0.1) is 0 Å². The minimum atomic E-state index is -0.0443. The fourth-order valence-corrected chi connectivity index (χ4v) is 1.61. The van der Waals surface area contributed by atoms with Crippen molar-refractivity contribution in [3.63, 3.8) is 0 Å². The van der Waals surface area contributed by atoms with Crippen LogP contribution in [0.2, 0.25) is 0 Å². The SMILES string of the molecule is CCCCOc1ccc(C(=O)NCCCCN)cc1. The lowest BCUT2D eigenvalue weighted by molar-refractivity contribution is 0.0953. The van der Waals surface area contributed by atoms with Gasteiger partial charge in [0.1, 0.15) is 5.75 Å². The third-order valence-electron chi connectivity index (χ3n) is 2.80. The van der Waals surface area contributed by atoms with Crippen LogP contribution in [0.15, 0.2) is 24.3 Å². The average Bonchev–Trinajstić information content (AvgIpc) is 2.44. The molecule has 1 aromatic rings. The zero-order chi connectivity index (χ0) is 13.9. The molecule has 1 amide bonds. The molecule has 0 unspecified atom stereocenters. The molecule has 1 aromatic carbocycles. The van der Waals surface area contributed by atoms with Crippen LogP contribution in [0.5, 0.6) is 5.75 Å². The Hall–Kier alpha value is -1.55. The lowest BCUT2D eigenvalue weighted by Crippen LogP contribution is -2.24. The molecular formula is C15H24N2O2. The second-order valence-corrected chi connectivity index (χ2v) is 4.48. The Morgan fingerprint density at radius 3 is 2.58 bits per heavy atom. The highest BCUT2D eigenvalue weighted by Crippen LogP contribution is 2.12. The monoisotopic (exact) mass is 264 g/mol. The second kappa shape index (κ2) is 9.39. The van der Waals surface area contributed by atoms with Crippen molar-refractivity contribution in [3.8, 4) is 5.75 Å². The van der Waals surface area contributed by atoms with Gasteiger partial charge in [-0.2, -0.15) is 0 Å². The molecule has 0 bridgehead atoms. The normalized spacial score (nSPS) is 10.2. The van der Waals surface area contributed by atoms with E-state index in [2.05, 4.69) is 12.2 Å². The van der Waals surface area contributed by atoms with Gasteiger partial charge >= 0.3 is 0 Å². The van der Waals surface area contributed by atoms with Crippen LogP contribution in [0, 0.1) is 0 Å². The first-order valence-corrected chi connectivity index (χ1v) is 6.99. The van der Waals surface area contributed by atoms with Crippen LogP contribution >= 0.6 is 0 Å². The summed E-state index contributed by atoms with van der Waals surface area (Å²) in [5.74, 6) is 0.769. The number of carbonyl (C=O) groups excluding carboxylic acids is 1. The van der Waals surface area contributed by atoms with Crippen LogP contribution in [-0.2, 0) is 0 Å². The quantitative estimate of drug-likeness (QED) is 0.673. The number of amides is 1. The van der Waals surface area contributed by atoms with Gasteiger partial charge in [-0.05, 0) is 50.1 Å².